The molecule has 20 heavy (non-hydrogen) atoms. The van der Waals surface area contributed by atoms with Crippen molar-refractivity contribution in [3.05, 3.63) is 17.9 Å². The molecule has 0 radical (unpaired) electrons. The van der Waals surface area contributed by atoms with E-state index >= 15 is 0 Å². The molecule has 0 unspecified atom stereocenters. The van der Waals surface area contributed by atoms with Crippen LogP contribution in [-0.4, -0.2) is 38.7 Å². The Morgan fingerprint density at radius 3 is 2.65 bits per heavy atom. The van der Waals surface area contributed by atoms with Gasteiger partial charge >= 0.3 is 5.97 Å². The molecule has 0 atom stereocenters. The fourth-order valence-corrected chi connectivity index (χ4v) is 2.41. The summed E-state index contributed by atoms with van der Waals surface area (Å²) in [5, 5.41) is 8.26. The molecule has 0 bridgehead atoms. The molecule has 0 aliphatic heterocycles. The summed E-state index contributed by atoms with van der Waals surface area (Å²) in [7, 11) is -3.80. The maximum absolute atomic E-state index is 11.8. The Morgan fingerprint density at radius 1 is 1.40 bits per heavy atom. The van der Waals surface area contributed by atoms with E-state index in [-0.39, 0.29) is 12.6 Å². The molecule has 1 aromatic heterocycles. The maximum Gasteiger partial charge on any atom is 0.371 e. The highest BCUT2D eigenvalue weighted by Gasteiger charge is 2.20. The Kier molecular flexibility index (Phi) is 6.18. The Labute approximate surface area is 118 Å². The topological polar surface area (TPSA) is 106 Å². The van der Waals surface area contributed by atoms with Gasteiger partial charge < -0.3 is 14.3 Å². The molecule has 0 aliphatic carbocycles. The minimum Gasteiger partial charge on any atom is -0.475 e. The van der Waals surface area contributed by atoms with E-state index in [9.17, 15) is 13.2 Å². The van der Waals surface area contributed by atoms with Crippen molar-refractivity contribution in [2.75, 3.05) is 13.2 Å². The number of ether oxygens (including phenoxy) is 1. The van der Waals surface area contributed by atoms with Crippen molar-refractivity contribution in [1.29, 1.82) is 0 Å². The van der Waals surface area contributed by atoms with Gasteiger partial charge in [-0.05, 0) is 38.8 Å². The van der Waals surface area contributed by atoms with E-state index in [1.54, 1.807) is 0 Å². The molecule has 0 spiro atoms. The summed E-state index contributed by atoms with van der Waals surface area (Å²) in [6.45, 7) is 4.68. The van der Waals surface area contributed by atoms with Crippen molar-refractivity contribution in [2.45, 2.75) is 37.9 Å². The lowest BCUT2D eigenvalue weighted by atomic mass is 10.3. The second-order valence-corrected chi connectivity index (χ2v) is 6.15. The highest BCUT2D eigenvalue weighted by atomic mass is 32.2. The molecule has 114 valence electrons. The van der Waals surface area contributed by atoms with Gasteiger partial charge in [0.2, 0.25) is 10.9 Å². The fourth-order valence-electron chi connectivity index (χ4n) is 1.40. The van der Waals surface area contributed by atoms with Crippen LogP contribution in [0.5, 0.6) is 0 Å². The van der Waals surface area contributed by atoms with E-state index in [4.69, 9.17) is 14.3 Å². The second kappa shape index (κ2) is 7.41. The van der Waals surface area contributed by atoms with Crippen LogP contribution in [0.1, 0.15) is 37.2 Å². The van der Waals surface area contributed by atoms with Crippen LogP contribution in [0.3, 0.4) is 0 Å². The minimum atomic E-state index is -3.80. The molecule has 7 nitrogen and oxygen atoms in total. The van der Waals surface area contributed by atoms with Crippen LogP contribution in [0.15, 0.2) is 21.6 Å². The quantitative estimate of drug-likeness (QED) is 0.669. The predicted molar refractivity (Wildman–Crippen MR) is 71.2 cm³/mol. The lowest BCUT2D eigenvalue weighted by Crippen LogP contribution is -2.24. The molecule has 0 aromatic carbocycles. The number of hydrogen-bond acceptors (Lipinski definition) is 5. The van der Waals surface area contributed by atoms with E-state index in [1.165, 1.54) is 0 Å². The van der Waals surface area contributed by atoms with E-state index in [0.717, 1.165) is 18.6 Å². The Hall–Kier alpha value is -1.38. The van der Waals surface area contributed by atoms with Crippen molar-refractivity contribution in [2.24, 2.45) is 0 Å². The molecule has 0 amide bonds. The number of nitrogens with one attached hydrogen (secondary N) is 1. The summed E-state index contributed by atoms with van der Waals surface area (Å²) in [5.41, 5.74) is 0. The van der Waals surface area contributed by atoms with E-state index in [1.807, 2.05) is 13.8 Å². The monoisotopic (exact) mass is 305 g/mol. The second-order valence-electron chi connectivity index (χ2n) is 4.45. The number of furan rings is 1. The summed E-state index contributed by atoms with van der Waals surface area (Å²) < 4.78 is 36.0. The highest BCUT2D eigenvalue weighted by molar-refractivity contribution is 7.89. The number of unbranched alkanes of at least 4 members (excludes halogenated alkanes) is 1. The molecular formula is C12H19NO6S. The van der Waals surface area contributed by atoms with Crippen LogP contribution >= 0.6 is 0 Å². The maximum atomic E-state index is 11.8. The van der Waals surface area contributed by atoms with Gasteiger partial charge in [-0.15, -0.1) is 0 Å². The molecule has 0 saturated carbocycles. The molecule has 0 saturated heterocycles. The van der Waals surface area contributed by atoms with Crippen LogP contribution in [0.2, 0.25) is 0 Å². The summed E-state index contributed by atoms with van der Waals surface area (Å²) in [6, 6.07) is 2.22. The first-order chi connectivity index (χ1) is 9.33. The van der Waals surface area contributed by atoms with Crippen molar-refractivity contribution >= 4 is 16.0 Å². The standard InChI is InChI=1S/C12H19NO6S/c1-9(2)18-8-4-3-7-13-20(16,17)11-6-5-10(19-11)12(14)15/h5-6,9,13H,3-4,7-8H2,1-2H3,(H,14,15). The SMILES string of the molecule is CC(C)OCCCCNS(=O)(=O)c1ccc(C(=O)O)o1. The van der Waals surface area contributed by atoms with Gasteiger partial charge in [0.05, 0.1) is 6.10 Å². The zero-order valence-corrected chi connectivity index (χ0v) is 12.3. The number of carboxylic acids is 1. The van der Waals surface area contributed by atoms with E-state index in [0.29, 0.717) is 13.0 Å². The number of carbonyl (C=O) groups is 1. The summed E-state index contributed by atoms with van der Waals surface area (Å²) in [6.07, 6.45) is 1.52. The van der Waals surface area contributed by atoms with Gasteiger partial charge in [-0.1, -0.05) is 0 Å². The lowest BCUT2D eigenvalue weighted by Gasteiger charge is -2.07. The number of rotatable bonds is 9. The summed E-state index contributed by atoms with van der Waals surface area (Å²) in [4.78, 5) is 10.6. The minimum absolute atomic E-state index is 0.157. The Bertz CT molecular complexity index is 534. The van der Waals surface area contributed by atoms with Crippen molar-refractivity contribution in [3.8, 4) is 0 Å². The van der Waals surface area contributed by atoms with Gasteiger partial charge in [0.25, 0.3) is 10.0 Å². The number of sulfonamides is 1. The van der Waals surface area contributed by atoms with Gasteiger partial charge in [-0.3, -0.25) is 0 Å². The Balaban J connectivity index is 2.39. The average Bonchev–Trinajstić information content (AvgIpc) is 2.83. The normalized spacial score (nSPS) is 11.9. The number of hydrogen-bond donors (Lipinski definition) is 2. The van der Waals surface area contributed by atoms with E-state index in [2.05, 4.69) is 4.72 Å². The molecule has 1 rings (SSSR count). The fraction of sp³-hybridized carbons (Fsp3) is 0.583. The van der Waals surface area contributed by atoms with Gasteiger partial charge in [-0.2, -0.15) is 0 Å². The van der Waals surface area contributed by atoms with Crippen LogP contribution in [-0.2, 0) is 14.8 Å². The predicted octanol–water partition coefficient (Wildman–Crippen LogP) is 1.46. The molecule has 1 aromatic rings. The third-order valence-electron chi connectivity index (χ3n) is 2.37. The summed E-state index contributed by atoms with van der Waals surface area (Å²) >= 11 is 0. The van der Waals surface area contributed by atoms with Gasteiger partial charge in [-0.25, -0.2) is 17.9 Å². The summed E-state index contributed by atoms with van der Waals surface area (Å²) in [5.74, 6) is -1.71. The van der Waals surface area contributed by atoms with Gasteiger partial charge in [0, 0.05) is 13.2 Å². The van der Waals surface area contributed by atoms with Gasteiger partial charge in [0.1, 0.15) is 0 Å². The third-order valence-corrected chi connectivity index (χ3v) is 3.70. The van der Waals surface area contributed by atoms with Crippen molar-refractivity contribution < 1.29 is 27.5 Å². The highest BCUT2D eigenvalue weighted by Crippen LogP contribution is 2.13. The van der Waals surface area contributed by atoms with Crippen molar-refractivity contribution in [3.63, 3.8) is 0 Å². The first-order valence-electron chi connectivity index (χ1n) is 6.27. The molecule has 8 heteroatoms. The van der Waals surface area contributed by atoms with Crippen LogP contribution in [0.25, 0.3) is 0 Å². The smallest absolute Gasteiger partial charge is 0.371 e. The molecule has 1 heterocycles. The first kappa shape index (κ1) is 16.7. The van der Waals surface area contributed by atoms with Crippen LogP contribution < -0.4 is 4.72 Å². The van der Waals surface area contributed by atoms with Crippen molar-refractivity contribution in [1.82, 2.24) is 4.72 Å². The van der Waals surface area contributed by atoms with Gasteiger partial charge in [0.15, 0.2) is 0 Å². The Morgan fingerprint density at radius 2 is 2.10 bits per heavy atom. The average molecular weight is 305 g/mol. The third kappa shape index (κ3) is 5.32. The largest absolute Gasteiger partial charge is 0.475 e. The molecule has 0 aliphatic rings. The van der Waals surface area contributed by atoms with E-state index < -0.39 is 26.8 Å². The molecule has 0 fully saturated rings. The number of aromatic carboxylic acids is 1. The lowest BCUT2D eigenvalue weighted by molar-refractivity contribution is 0.0656. The molecular weight excluding hydrogens is 286 g/mol. The van der Waals surface area contributed by atoms with Crippen LogP contribution in [0, 0.1) is 0 Å². The molecule has 2 N–H and O–H groups in total. The number of carboxylic acid groups (broad SMARTS) is 1. The zero-order valence-electron chi connectivity index (χ0n) is 11.5. The zero-order chi connectivity index (χ0) is 15.2. The van der Waals surface area contributed by atoms with Crippen LogP contribution in [0.4, 0.5) is 0 Å². The first-order valence-corrected chi connectivity index (χ1v) is 7.75.